The van der Waals surface area contributed by atoms with E-state index in [1.54, 1.807) is 6.92 Å². The second-order valence-corrected chi connectivity index (χ2v) is 10.6. The number of esters is 1. The van der Waals surface area contributed by atoms with Crippen LogP contribution < -0.4 is 14.8 Å². The number of thiophene rings is 1. The van der Waals surface area contributed by atoms with Crippen molar-refractivity contribution in [1.82, 2.24) is 0 Å². The van der Waals surface area contributed by atoms with Crippen molar-refractivity contribution in [3.63, 3.8) is 0 Å². The van der Waals surface area contributed by atoms with Crippen LogP contribution in [0.1, 0.15) is 50.5 Å². The lowest BCUT2D eigenvalue weighted by Gasteiger charge is -2.23. The molecule has 1 amide bonds. The molecule has 0 aliphatic rings. The van der Waals surface area contributed by atoms with Gasteiger partial charge in [-0.15, -0.1) is 11.3 Å². The number of ether oxygens (including phenoxy) is 3. The molecule has 3 rings (SSSR count). The van der Waals surface area contributed by atoms with Gasteiger partial charge in [-0.25, -0.2) is 4.79 Å². The minimum atomic E-state index is -0.489. The van der Waals surface area contributed by atoms with Gasteiger partial charge in [-0.3, -0.25) is 4.79 Å². The molecule has 0 fully saturated rings. The molecule has 0 bridgehead atoms. The highest BCUT2D eigenvalue weighted by molar-refractivity contribution is 9.10. The predicted molar refractivity (Wildman–Crippen MR) is 144 cm³/mol. The van der Waals surface area contributed by atoms with Gasteiger partial charge in [-0.2, -0.15) is 0 Å². The summed E-state index contributed by atoms with van der Waals surface area (Å²) in [5.41, 5.74) is 2.67. The van der Waals surface area contributed by atoms with E-state index in [1.807, 2.05) is 54.8 Å². The zero-order valence-electron chi connectivity index (χ0n) is 20.6. The highest BCUT2D eigenvalue weighted by Gasteiger charge is 2.24. The normalized spacial score (nSPS) is 11.1. The van der Waals surface area contributed by atoms with Gasteiger partial charge >= 0.3 is 5.97 Å². The molecule has 8 heteroatoms. The van der Waals surface area contributed by atoms with E-state index >= 15 is 0 Å². The summed E-state index contributed by atoms with van der Waals surface area (Å²) in [6.07, 6.45) is 0. The van der Waals surface area contributed by atoms with Gasteiger partial charge in [0.1, 0.15) is 22.1 Å². The minimum absolute atomic E-state index is 0.160. The van der Waals surface area contributed by atoms with Gasteiger partial charge in [0.2, 0.25) is 0 Å². The Hall–Kier alpha value is -2.84. The third-order valence-electron chi connectivity index (χ3n) is 5.11. The Kier molecular flexibility index (Phi) is 8.97. The van der Waals surface area contributed by atoms with E-state index < -0.39 is 5.97 Å². The summed E-state index contributed by atoms with van der Waals surface area (Å²) in [5, 5.41) is 5.09. The van der Waals surface area contributed by atoms with Crippen LogP contribution in [0.3, 0.4) is 0 Å². The van der Waals surface area contributed by atoms with E-state index in [-0.39, 0.29) is 24.5 Å². The van der Waals surface area contributed by atoms with Crippen molar-refractivity contribution in [1.29, 1.82) is 0 Å². The predicted octanol–water partition coefficient (Wildman–Crippen LogP) is 7.07. The van der Waals surface area contributed by atoms with Crippen molar-refractivity contribution in [3.05, 3.63) is 63.4 Å². The Balaban J connectivity index is 1.81. The van der Waals surface area contributed by atoms with E-state index in [0.717, 1.165) is 21.3 Å². The van der Waals surface area contributed by atoms with E-state index in [2.05, 4.69) is 42.0 Å². The van der Waals surface area contributed by atoms with Gasteiger partial charge in [0, 0.05) is 21.0 Å². The Morgan fingerprint density at radius 3 is 2.34 bits per heavy atom. The van der Waals surface area contributed by atoms with Crippen LogP contribution in [-0.4, -0.2) is 31.7 Å². The van der Waals surface area contributed by atoms with Crippen LogP contribution in [0.2, 0.25) is 0 Å². The summed E-state index contributed by atoms with van der Waals surface area (Å²) in [4.78, 5) is 25.6. The number of hydrogen-bond donors (Lipinski definition) is 1. The Morgan fingerprint density at radius 1 is 1.00 bits per heavy atom. The molecule has 2 aromatic carbocycles. The quantitative estimate of drug-likeness (QED) is 0.284. The SMILES string of the molecule is CCOC(=O)c1c(-c2ccc(OCC)cc2)csc1NC(=O)COc1ccc(Br)cc1C(C)(C)C. The minimum Gasteiger partial charge on any atom is -0.494 e. The first kappa shape index (κ1) is 26.8. The Morgan fingerprint density at radius 2 is 1.71 bits per heavy atom. The van der Waals surface area contributed by atoms with Crippen LogP contribution in [0.15, 0.2) is 52.3 Å². The van der Waals surface area contributed by atoms with Gasteiger partial charge in [0.05, 0.1) is 13.2 Å². The van der Waals surface area contributed by atoms with Crippen molar-refractivity contribution in [2.75, 3.05) is 25.1 Å². The first-order chi connectivity index (χ1) is 16.6. The van der Waals surface area contributed by atoms with Crippen molar-refractivity contribution in [3.8, 4) is 22.6 Å². The lowest BCUT2D eigenvalue weighted by atomic mass is 9.86. The fourth-order valence-electron chi connectivity index (χ4n) is 3.49. The monoisotopic (exact) mass is 559 g/mol. The van der Waals surface area contributed by atoms with Crippen LogP contribution in [-0.2, 0) is 14.9 Å². The molecular formula is C27H30BrNO5S. The molecule has 1 N–H and O–H groups in total. The highest BCUT2D eigenvalue weighted by Crippen LogP contribution is 2.37. The lowest BCUT2D eigenvalue weighted by molar-refractivity contribution is -0.118. The maximum absolute atomic E-state index is 12.8. The fourth-order valence-corrected chi connectivity index (χ4v) is 4.82. The largest absolute Gasteiger partial charge is 0.494 e. The van der Waals surface area contributed by atoms with Crippen LogP contribution in [0.5, 0.6) is 11.5 Å². The van der Waals surface area contributed by atoms with Crippen LogP contribution >= 0.6 is 27.3 Å². The topological polar surface area (TPSA) is 73.9 Å². The molecule has 0 unspecified atom stereocenters. The summed E-state index contributed by atoms with van der Waals surface area (Å²) >= 11 is 4.77. The van der Waals surface area contributed by atoms with E-state index in [9.17, 15) is 9.59 Å². The van der Waals surface area contributed by atoms with Gasteiger partial charge < -0.3 is 19.5 Å². The first-order valence-electron chi connectivity index (χ1n) is 11.4. The second kappa shape index (κ2) is 11.7. The molecule has 0 radical (unpaired) electrons. The number of rotatable bonds is 9. The average Bonchev–Trinajstić information content (AvgIpc) is 3.22. The number of halogens is 1. The van der Waals surface area contributed by atoms with Crippen LogP contribution in [0.25, 0.3) is 11.1 Å². The molecule has 3 aromatic rings. The number of carbonyl (C=O) groups excluding carboxylic acids is 2. The molecule has 0 spiro atoms. The molecule has 1 heterocycles. The van der Waals surface area contributed by atoms with Crippen molar-refractivity contribution in [2.24, 2.45) is 0 Å². The lowest BCUT2D eigenvalue weighted by Crippen LogP contribution is -2.22. The summed E-state index contributed by atoms with van der Waals surface area (Å²) in [6, 6.07) is 13.2. The first-order valence-corrected chi connectivity index (χ1v) is 13.1. The van der Waals surface area contributed by atoms with E-state index in [1.165, 1.54) is 11.3 Å². The summed E-state index contributed by atoms with van der Waals surface area (Å²) < 4.78 is 17.6. The zero-order chi connectivity index (χ0) is 25.6. The molecule has 0 saturated heterocycles. The number of benzene rings is 2. The number of anilines is 1. The standard InChI is InChI=1S/C27H30BrNO5S/c1-6-32-19-11-8-17(9-12-19)20-16-35-25(24(20)26(31)33-7-2)29-23(30)15-34-22-13-10-18(28)14-21(22)27(3,4)5/h8-14,16H,6-7,15H2,1-5H3,(H,29,30). The smallest absolute Gasteiger partial charge is 0.341 e. The molecule has 0 aliphatic heterocycles. The third-order valence-corrected chi connectivity index (χ3v) is 6.50. The van der Waals surface area contributed by atoms with Crippen molar-refractivity contribution in [2.45, 2.75) is 40.0 Å². The van der Waals surface area contributed by atoms with E-state index in [0.29, 0.717) is 28.5 Å². The van der Waals surface area contributed by atoms with Gasteiger partial charge in [0.25, 0.3) is 5.91 Å². The molecule has 186 valence electrons. The Labute approximate surface area is 218 Å². The van der Waals surface area contributed by atoms with Gasteiger partial charge in [0.15, 0.2) is 6.61 Å². The fraction of sp³-hybridized carbons (Fsp3) is 0.333. The molecule has 0 saturated carbocycles. The van der Waals surface area contributed by atoms with Gasteiger partial charge in [-0.1, -0.05) is 48.8 Å². The molecule has 0 atom stereocenters. The van der Waals surface area contributed by atoms with Crippen LogP contribution in [0, 0.1) is 0 Å². The molecule has 0 aliphatic carbocycles. The molecular weight excluding hydrogens is 530 g/mol. The summed E-state index contributed by atoms with van der Waals surface area (Å²) in [5.74, 6) is 0.537. The number of nitrogens with one attached hydrogen (secondary N) is 1. The van der Waals surface area contributed by atoms with Crippen molar-refractivity contribution < 1.29 is 23.8 Å². The number of amides is 1. The van der Waals surface area contributed by atoms with Crippen molar-refractivity contribution >= 4 is 44.1 Å². The average molecular weight is 561 g/mol. The van der Waals surface area contributed by atoms with Crippen LogP contribution in [0.4, 0.5) is 5.00 Å². The maximum atomic E-state index is 12.8. The Bertz CT molecular complexity index is 1180. The maximum Gasteiger partial charge on any atom is 0.341 e. The summed E-state index contributed by atoms with van der Waals surface area (Å²) in [7, 11) is 0. The third kappa shape index (κ3) is 6.86. The highest BCUT2D eigenvalue weighted by atomic mass is 79.9. The van der Waals surface area contributed by atoms with Gasteiger partial charge in [-0.05, 0) is 55.2 Å². The summed E-state index contributed by atoms with van der Waals surface area (Å²) in [6.45, 7) is 10.5. The molecule has 35 heavy (non-hydrogen) atoms. The number of hydrogen-bond acceptors (Lipinski definition) is 6. The molecule has 6 nitrogen and oxygen atoms in total. The van der Waals surface area contributed by atoms with E-state index in [4.69, 9.17) is 14.2 Å². The second-order valence-electron chi connectivity index (χ2n) is 8.76. The zero-order valence-corrected chi connectivity index (χ0v) is 23.0. The number of carbonyl (C=O) groups is 2. The molecule has 1 aromatic heterocycles.